The third-order valence-corrected chi connectivity index (χ3v) is 4.06. The van der Waals surface area contributed by atoms with Crippen LogP contribution in [0.25, 0.3) is 0 Å². The Labute approximate surface area is 155 Å². The normalized spacial score (nSPS) is 10.3. The first kappa shape index (κ1) is 19.5. The van der Waals surface area contributed by atoms with Crippen LogP contribution in [0.1, 0.15) is 31.4 Å². The van der Waals surface area contributed by atoms with Gasteiger partial charge in [0, 0.05) is 32.6 Å². The summed E-state index contributed by atoms with van der Waals surface area (Å²) in [5, 5.41) is 2.92. The van der Waals surface area contributed by atoms with Gasteiger partial charge in [0.2, 0.25) is 11.8 Å². The monoisotopic (exact) mass is 354 g/mol. The Kier molecular flexibility index (Phi) is 7.21. The fourth-order valence-electron chi connectivity index (χ4n) is 2.61. The number of amides is 2. The fourth-order valence-corrected chi connectivity index (χ4v) is 2.61. The van der Waals surface area contributed by atoms with Crippen molar-refractivity contribution in [2.75, 3.05) is 19.0 Å². The van der Waals surface area contributed by atoms with Gasteiger partial charge in [0.25, 0.3) is 0 Å². The van der Waals surface area contributed by atoms with Crippen molar-refractivity contribution in [3.8, 4) is 5.75 Å². The van der Waals surface area contributed by atoms with Gasteiger partial charge in [-0.25, -0.2) is 0 Å². The van der Waals surface area contributed by atoms with E-state index in [1.807, 2.05) is 55.5 Å². The number of rotatable bonds is 8. The van der Waals surface area contributed by atoms with E-state index in [0.29, 0.717) is 26.0 Å². The van der Waals surface area contributed by atoms with E-state index in [1.165, 1.54) is 6.92 Å². The molecule has 0 heterocycles. The molecule has 138 valence electrons. The first-order valence-electron chi connectivity index (χ1n) is 8.80. The van der Waals surface area contributed by atoms with E-state index < -0.39 is 0 Å². The van der Waals surface area contributed by atoms with Gasteiger partial charge in [-0.05, 0) is 42.7 Å². The lowest BCUT2D eigenvalue weighted by Crippen LogP contribution is -2.23. The van der Waals surface area contributed by atoms with Crippen LogP contribution < -0.4 is 10.1 Å². The molecule has 0 unspecified atom stereocenters. The van der Waals surface area contributed by atoms with E-state index in [1.54, 1.807) is 11.9 Å². The van der Waals surface area contributed by atoms with Crippen molar-refractivity contribution in [2.45, 2.75) is 33.2 Å². The Morgan fingerprint density at radius 2 is 1.88 bits per heavy atom. The van der Waals surface area contributed by atoms with Crippen molar-refractivity contribution < 1.29 is 14.3 Å². The van der Waals surface area contributed by atoms with E-state index in [0.717, 1.165) is 22.6 Å². The molecule has 5 heteroatoms. The Morgan fingerprint density at radius 1 is 1.12 bits per heavy atom. The minimum Gasteiger partial charge on any atom is -0.494 e. The number of para-hydroxylation sites is 1. The fraction of sp³-hybridized carbons (Fsp3) is 0.333. The van der Waals surface area contributed by atoms with Gasteiger partial charge in [-0.15, -0.1) is 0 Å². The summed E-state index contributed by atoms with van der Waals surface area (Å²) in [5.41, 5.74) is 2.74. The minimum absolute atomic E-state index is 0.00685. The van der Waals surface area contributed by atoms with Crippen LogP contribution in [-0.4, -0.2) is 30.4 Å². The predicted octanol–water partition coefficient (Wildman–Crippen LogP) is 3.63. The highest BCUT2D eigenvalue weighted by Gasteiger charge is 2.08. The summed E-state index contributed by atoms with van der Waals surface area (Å²) in [6, 6.07) is 15.3. The lowest BCUT2D eigenvalue weighted by molar-refractivity contribution is -0.128. The molecule has 0 aliphatic rings. The van der Waals surface area contributed by atoms with Crippen molar-refractivity contribution in [3.05, 3.63) is 59.7 Å². The van der Waals surface area contributed by atoms with Crippen LogP contribution in [0.3, 0.4) is 0 Å². The second-order valence-electron chi connectivity index (χ2n) is 6.16. The zero-order valence-corrected chi connectivity index (χ0v) is 15.6. The standard InChI is InChI=1S/C21H26N2O3/c1-4-26-20-11-6-5-9-18(20)12-13-21(25)22-19-10-7-8-17(14-19)15-23(3)16(2)24/h5-11,14H,4,12-13,15H2,1-3H3,(H,22,25). The van der Waals surface area contributed by atoms with E-state index in [-0.39, 0.29) is 11.8 Å². The number of carbonyl (C=O) groups excluding carboxylic acids is 2. The Balaban J connectivity index is 1.93. The Morgan fingerprint density at radius 3 is 2.62 bits per heavy atom. The maximum Gasteiger partial charge on any atom is 0.224 e. The zero-order chi connectivity index (χ0) is 18.9. The van der Waals surface area contributed by atoms with E-state index in [2.05, 4.69) is 5.32 Å². The molecule has 2 amide bonds. The number of nitrogens with one attached hydrogen (secondary N) is 1. The smallest absolute Gasteiger partial charge is 0.224 e. The molecular formula is C21H26N2O3. The van der Waals surface area contributed by atoms with Crippen LogP contribution in [0, 0.1) is 0 Å². The predicted molar refractivity (Wildman–Crippen MR) is 103 cm³/mol. The molecular weight excluding hydrogens is 328 g/mol. The van der Waals surface area contributed by atoms with Crippen LogP contribution in [0.15, 0.2) is 48.5 Å². The topological polar surface area (TPSA) is 58.6 Å². The van der Waals surface area contributed by atoms with Gasteiger partial charge in [0.1, 0.15) is 5.75 Å². The van der Waals surface area contributed by atoms with Crippen LogP contribution in [0.5, 0.6) is 5.75 Å². The summed E-state index contributed by atoms with van der Waals surface area (Å²) in [7, 11) is 1.75. The second-order valence-corrected chi connectivity index (χ2v) is 6.16. The lowest BCUT2D eigenvalue weighted by Gasteiger charge is -2.15. The number of anilines is 1. The summed E-state index contributed by atoms with van der Waals surface area (Å²) < 4.78 is 5.60. The molecule has 0 saturated heterocycles. The van der Waals surface area contributed by atoms with Gasteiger partial charge >= 0.3 is 0 Å². The largest absolute Gasteiger partial charge is 0.494 e. The van der Waals surface area contributed by atoms with E-state index in [4.69, 9.17) is 4.74 Å². The van der Waals surface area contributed by atoms with E-state index >= 15 is 0 Å². The molecule has 0 spiro atoms. The van der Waals surface area contributed by atoms with Crippen LogP contribution in [0.4, 0.5) is 5.69 Å². The SMILES string of the molecule is CCOc1ccccc1CCC(=O)Nc1cccc(CN(C)C(C)=O)c1. The average Bonchev–Trinajstić information content (AvgIpc) is 2.61. The van der Waals surface area contributed by atoms with Crippen LogP contribution >= 0.6 is 0 Å². The van der Waals surface area contributed by atoms with Crippen LogP contribution in [-0.2, 0) is 22.6 Å². The highest BCUT2D eigenvalue weighted by Crippen LogP contribution is 2.20. The molecule has 0 saturated carbocycles. The van der Waals surface area contributed by atoms with Crippen molar-refractivity contribution >= 4 is 17.5 Å². The maximum atomic E-state index is 12.3. The lowest BCUT2D eigenvalue weighted by atomic mass is 10.1. The summed E-state index contributed by atoms with van der Waals surface area (Å²) in [6.45, 7) is 4.59. The number of benzene rings is 2. The molecule has 0 atom stereocenters. The molecule has 0 aromatic heterocycles. The maximum absolute atomic E-state index is 12.3. The van der Waals surface area contributed by atoms with Crippen molar-refractivity contribution in [2.24, 2.45) is 0 Å². The summed E-state index contributed by atoms with van der Waals surface area (Å²) in [4.78, 5) is 25.3. The van der Waals surface area contributed by atoms with Crippen molar-refractivity contribution in [1.29, 1.82) is 0 Å². The number of carbonyl (C=O) groups is 2. The molecule has 0 radical (unpaired) electrons. The van der Waals surface area contributed by atoms with Gasteiger partial charge in [0.05, 0.1) is 6.61 Å². The minimum atomic E-state index is -0.0478. The zero-order valence-electron chi connectivity index (χ0n) is 15.6. The van der Waals surface area contributed by atoms with Gasteiger partial charge in [-0.1, -0.05) is 30.3 Å². The molecule has 0 aliphatic heterocycles. The second kappa shape index (κ2) is 9.61. The highest BCUT2D eigenvalue weighted by molar-refractivity contribution is 5.91. The van der Waals surface area contributed by atoms with Crippen molar-refractivity contribution in [3.63, 3.8) is 0 Å². The molecule has 2 rings (SSSR count). The molecule has 0 bridgehead atoms. The van der Waals surface area contributed by atoms with Crippen LogP contribution in [0.2, 0.25) is 0 Å². The number of hydrogen-bond donors (Lipinski definition) is 1. The number of nitrogens with zero attached hydrogens (tertiary/aromatic N) is 1. The highest BCUT2D eigenvalue weighted by atomic mass is 16.5. The molecule has 2 aromatic carbocycles. The summed E-state index contributed by atoms with van der Waals surface area (Å²) in [6.07, 6.45) is 0.996. The van der Waals surface area contributed by atoms with Gasteiger partial charge in [-0.3, -0.25) is 9.59 Å². The first-order chi connectivity index (χ1) is 12.5. The molecule has 26 heavy (non-hydrogen) atoms. The van der Waals surface area contributed by atoms with E-state index in [9.17, 15) is 9.59 Å². The number of ether oxygens (including phenoxy) is 1. The first-order valence-corrected chi connectivity index (χ1v) is 8.80. The molecule has 0 fully saturated rings. The number of hydrogen-bond acceptors (Lipinski definition) is 3. The van der Waals surface area contributed by atoms with Gasteiger partial charge in [0.15, 0.2) is 0 Å². The quantitative estimate of drug-likeness (QED) is 0.787. The Hall–Kier alpha value is -2.82. The average molecular weight is 354 g/mol. The molecule has 2 aromatic rings. The van der Waals surface area contributed by atoms with Gasteiger partial charge in [-0.2, -0.15) is 0 Å². The third-order valence-electron chi connectivity index (χ3n) is 4.06. The van der Waals surface area contributed by atoms with Crippen molar-refractivity contribution in [1.82, 2.24) is 4.90 Å². The molecule has 5 nitrogen and oxygen atoms in total. The Bertz CT molecular complexity index is 758. The third kappa shape index (κ3) is 5.92. The summed E-state index contributed by atoms with van der Waals surface area (Å²) in [5.74, 6) is 0.790. The molecule has 1 N–H and O–H groups in total. The summed E-state index contributed by atoms with van der Waals surface area (Å²) >= 11 is 0. The molecule has 0 aliphatic carbocycles. The van der Waals surface area contributed by atoms with Gasteiger partial charge < -0.3 is 15.0 Å². The number of aryl methyl sites for hydroxylation is 1.